The number of rotatable bonds is 3. The van der Waals surface area contributed by atoms with Crippen LogP contribution in [0, 0.1) is 12.7 Å². The predicted octanol–water partition coefficient (Wildman–Crippen LogP) is 2.72. The fraction of sp³-hybridized carbons (Fsp3) is 0.267. The number of benzene rings is 1. The molecule has 100 valence electrons. The number of pyridine rings is 1. The van der Waals surface area contributed by atoms with Gasteiger partial charge in [-0.05, 0) is 41.8 Å². The number of hydrogen-bond acceptors (Lipinski definition) is 3. The van der Waals surface area contributed by atoms with Gasteiger partial charge >= 0.3 is 0 Å². The summed E-state index contributed by atoms with van der Waals surface area (Å²) in [5.74, 6) is 0.655. The Hall–Kier alpha value is -1.94. The van der Waals surface area contributed by atoms with Gasteiger partial charge in [0.1, 0.15) is 11.6 Å². The number of aryl methyl sites for hydroxylation is 1. The maximum Gasteiger partial charge on any atom is 0.133 e. The Morgan fingerprint density at radius 2 is 2.00 bits per heavy atom. The Labute approximate surface area is 112 Å². The monoisotopic (exact) mass is 259 g/mol. The molecule has 0 saturated carbocycles. The van der Waals surface area contributed by atoms with E-state index in [2.05, 4.69) is 4.98 Å². The van der Waals surface area contributed by atoms with Crippen LogP contribution in [0.2, 0.25) is 0 Å². The second-order valence-corrected chi connectivity index (χ2v) is 4.72. The van der Waals surface area contributed by atoms with Gasteiger partial charge in [0.15, 0.2) is 0 Å². The molecule has 1 aromatic carbocycles. The summed E-state index contributed by atoms with van der Waals surface area (Å²) in [6.45, 7) is 2.15. The van der Waals surface area contributed by atoms with E-state index in [1.807, 2.05) is 31.1 Å². The number of anilines is 1. The van der Waals surface area contributed by atoms with E-state index in [9.17, 15) is 4.39 Å². The SMILES string of the molecule is Cc1cc(-c2ccnc(N(C)C)c2CN)ccc1F. The second kappa shape index (κ2) is 5.36. The summed E-state index contributed by atoms with van der Waals surface area (Å²) in [5, 5.41) is 0. The molecule has 0 aliphatic carbocycles. The number of nitrogens with two attached hydrogens (primary N) is 1. The zero-order valence-corrected chi connectivity index (χ0v) is 11.4. The maximum absolute atomic E-state index is 13.4. The second-order valence-electron chi connectivity index (χ2n) is 4.72. The van der Waals surface area contributed by atoms with Gasteiger partial charge in [-0.1, -0.05) is 6.07 Å². The molecule has 1 aromatic heterocycles. The minimum absolute atomic E-state index is 0.195. The van der Waals surface area contributed by atoms with Gasteiger partial charge in [-0.25, -0.2) is 9.37 Å². The van der Waals surface area contributed by atoms with Crippen LogP contribution in [0.4, 0.5) is 10.2 Å². The molecule has 4 heteroatoms. The molecule has 19 heavy (non-hydrogen) atoms. The highest BCUT2D eigenvalue weighted by molar-refractivity contribution is 5.72. The molecule has 0 radical (unpaired) electrons. The van der Waals surface area contributed by atoms with Crippen LogP contribution in [0.3, 0.4) is 0 Å². The minimum Gasteiger partial charge on any atom is -0.362 e. The third-order valence-electron chi connectivity index (χ3n) is 3.13. The molecule has 0 aliphatic rings. The molecular weight excluding hydrogens is 241 g/mol. The molecule has 2 aromatic rings. The highest BCUT2D eigenvalue weighted by Crippen LogP contribution is 2.29. The third-order valence-corrected chi connectivity index (χ3v) is 3.13. The van der Waals surface area contributed by atoms with E-state index in [0.717, 1.165) is 22.5 Å². The Kier molecular flexibility index (Phi) is 3.81. The first-order valence-electron chi connectivity index (χ1n) is 6.16. The summed E-state index contributed by atoms with van der Waals surface area (Å²) in [6.07, 6.45) is 1.75. The van der Waals surface area contributed by atoms with Gasteiger partial charge in [0, 0.05) is 32.4 Å². The number of aromatic nitrogens is 1. The summed E-state index contributed by atoms with van der Waals surface area (Å²) >= 11 is 0. The van der Waals surface area contributed by atoms with Crippen LogP contribution in [0.1, 0.15) is 11.1 Å². The zero-order chi connectivity index (χ0) is 14.0. The number of nitrogens with zero attached hydrogens (tertiary/aromatic N) is 2. The highest BCUT2D eigenvalue weighted by Gasteiger charge is 2.12. The molecule has 2 rings (SSSR count). The molecule has 3 nitrogen and oxygen atoms in total. The first kappa shape index (κ1) is 13.5. The largest absolute Gasteiger partial charge is 0.362 e. The van der Waals surface area contributed by atoms with E-state index in [0.29, 0.717) is 12.1 Å². The minimum atomic E-state index is -0.195. The first-order valence-corrected chi connectivity index (χ1v) is 6.16. The van der Waals surface area contributed by atoms with E-state index in [1.165, 1.54) is 6.07 Å². The average molecular weight is 259 g/mol. The van der Waals surface area contributed by atoms with Gasteiger partial charge in [0.05, 0.1) is 0 Å². The van der Waals surface area contributed by atoms with Crippen LogP contribution >= 0.6 is 0 Å². The fourth-order valence-corrected chi connectivity index (χ4v) is 2.15. The number of halogens is 1. The van der Waals surface area contributed by atoms with Gasteiger partial charge in [-0.3, -0.25) is 0 Å². The zero-order valence-electron chi connectivity index (χ0n) is 11.4. The lowest BCUT2D eigenvalue weighted by Gasteiger charge is -2.18. The molecule has 0 aliphatic heterocycles. The van der Waals surface area contributed by atoms with Gasteiger partial charge in [-0.15, -0.1) is 0 Å². The first-order chi connectivity index (χ1) is 9.04. The van der Waals surface area contributed by atoms with E-state index in [4.69, 9.17) is 5.73 Å². The summed E-state index contributed by atoms with van der Waals surface area (Å²) < 4.78 is 13.4. The van der Waals surface area contributed by atoms with Crippen molar-refractivity contribution in [2.45, 2.75) is 13.5 Å². The van der Waals surface area contributed by atoms with Crippen LogP contribution in [0.15, 0.2) is 30.5 Å². The standard InChI is InChI=1S/C15H18FN3/c1-10-8-11(4-5-14(10)16)12-6-7-18-15(19(2)3)13(12)9-17/h4-8H,9,17H2,1-3H3. The quantitative estimate of drug-likeness (QED) is 0.921. The van der Waals surface area contributed by atoms with Gasteiger partial charge in [-0.2, -0.15) is 0 Å². The normalized spacial score (nSPS) is 10.6. The van der Waals surface area contributed by atoms with Gasteiger partial charge < -0.3 is 10.6 Å². The van der Waals surface area contributed by atoms with E-state index >= 15 is 0 Å². The van der Waals surface area contributed by atoms with Crippen LogP contribution < -0.4 is 10.6 Å². The summed E-state index contributed by atoms with van der Waals surface area (Å²) in [5.41, 5.74) is 9.42. The van der Waals surface area contributed by atoms with Crippen LogP contribution in [0.25, 0.3) is 11.1 Å². The molecule has 0 amide bonds. The third kappa shape index (κ3) is 2.58. The maximum atomic E-state index is 13.4. The van der Waals surface area contributed by atoms with Crippen molar-refractivity contribution in [3.8, 4) is 11.1 Å². The van der Waals surface area contributed by atoms with Crippen molar-refractivity contribution in [2.24, 2.45) is 5.73 Å². The van der Waals surface area contributed by atoms with E-state index in [-0.39, 0.29) is 5.82 Å². The lowest BCUT2D eigenvalue weighted by Crippen LogP contribution is -2.15. The molecule has 0 atom stereocenters. The highest BCUT2D eigenvalue weighted by atomic mass is 19.1. The van der Waals surface area contributed by atoms with E-state index < -0.39 is 0 Å². The van der Waals surface area contributed by atoms with E-state index in [1.54, 1.807) is 19.2 Å². The van der Waals surface area contributed by atoms with Crippen molar-refractivity contribution in [1.29, 1.82) is 0 Å². The van der Waals surface area contributed by atoms with Crippen molar-refractivity contribution in [2.75, 3.05) is 19.0 Å². The van der Waals surface area contributed by atoms with Crippen LogP contribution in [-0.2, 0) is 6.54 Å². The molecular formula is C15H18FN3. The summed E-state index contributed by atoms with van der Waals surface area (Å²) in [4.78, 5) is 6.28. The molecule has 0 saturated heterocycles. The lowest BCUT2D eigenvalue weighted by molar-refractivity contribution is 0.619. The molecule has 0 unspecified atom stereocenters. The van der Waals surface area contributed by atoms with Gasteiger partial charge in [0.25, 0.3) is 0 Å². The molecule has 0 fully saturated rings. The summed E-state index contributed by atoms with van der Waals surface area (Å²) in [7, 11) is 3.86. The van der Waals surface area contributed by atoms with Crippen LogP contribution in [-0.4, -0.2) is 19.1 Å². The lowest BCUT2D eigenvalue weighted by atomic mass is 9.99. The summed E-state index contributed by atoms with van der Waals surface area (Å²) in [6, 6.07) is 7.02. The number of hydrogen-bond donors (Lipinski definition) is 1. The molecule has 2 N–H and O–H groups in total. The van der Waals surface area contributed by atoms with Crippen molar-refractivity contribution in [3.05, 3.63) is 47.4 Å². The van der Waals surface area contributed by atoms with Crippen molar-refractivity contribution >= 4 is 5.82 Å². The Morgan fingerprint density at radius 3 is 2.58 bits per heavy atom. The average Bonchev–Trinajstić information content (AvgIpc) is 2.40. The van der Waals surface area contributed by atoms with Crippen LogP contribution in [0.5, 0.6) is 0 Å². The van der Waals surface area contributed by atoms with Gasteiger partial charge in [0.2, 0.25) is 0 Å². The van der Waals surface area contributed by atoms with Crippen molar-refractivity contribution in [3.63, 3.8) is 0 Å². The molecule has 1 heterocycles. The van der Waals surface area contributed by atoms with Crippen molar-refractivity contribution < 1.29 is 4.39 Å². The van der Waals surface area contributed by atoms with Crippen molar-refractivity contribution in [1.82, 2.24) is 4.98 Å². The Morgan fingerprint density at radius 1 is 1.26 bits per heavy atom. The molecule has 0 bridgehead atoms. The predicted molar refractivity (Wildman–Crippen MR) is 76.6 cm³/mol. The molecule has 0 spiro atoms. The Bertz CT molecular complexity index is 594. The Balaban J connectivity index is 2.61. The fourth-order valence-electron chi connectivity index (χ4n) is 2.15. The smallest absolute Gasteiger partial charge is 0.133 e. The topological polar surface area (TPSA) is 42.2 Å².